The Labute approximate surface area is 129 Å². The highest BCUT2D eigenvalue weighted by Gasteiger charge is 2.16. The predicted molar refractivity (Wildman–Crippen MR) is 85.1 cm³/mol. The topological polar surface area (TPSA) is 67.3 Å². The Morgan fingerprint density at radius 1 is 1.38 bits per heavy atom. The minimum absolute atomic E-state index is 0.194. The van der Waals surface area contributed by atoms with Gasteiger partial charge >= 0.3 is 0 Å². The van der Waals surface area contributed by atoms with E-state index in [0.717, 1.165) is 10.6 Å². The number of likely N-dealkylation sites (N-methyl/N-ethyl adjacent to an activating group) is 1. The SMILES string of the molecule is CC(c1ccc(Cl)cc1)N(C)CC(O)Cn1cc(N)cn1. The zero-order valence-electron chi connectivity index (χ0n) is 12.3. The quantitative estimate of drug-likeness (QED) is 0.858. The molecule has 1 aromatic heterocycles. The van der Waals surface area contributed by atoms with Gasteiger partial charge in [0.05, 0.1) is 24.5 Å². The first kappa shape index (κ1) is 15.8. The van der Waals surface area contributed by atoms with E-state index < -0.39 is 6.10 Å². The molecule has 2 aromatic rings. The number of halogens is 1. The molecule has 0 bridgehead atoms. The molecule has 3 N–H and O–H groups in total. The lowest BCUT2D eigenvalue weighted by molar-refractivity contribution is 0.0910. The first-order valence-corrected chi connectivity index (χ1v) is 7.25. The normalized spacial score (nSPS) is 14.3. The van der Waals surface area contributed by atoms with Crippen LogP contribution in [0.3, 0.4) is 0 Å². The average Bonchev–Trinajstić information content (AvgIpc) is 2.83. The van der Waals surface area contributed by atoms with Crippen LogP contribution in [-0.4, -0.2) is 39.5 Å². The predicted octanol–water partition coefficient (Wildman–Crippen LogP) is 2.17. The lowest BCUT2D eigenvalue weighted by Gasteiger charge is -2.27. The standard InChI is InChI=1S/C15H21ClN4O/c1-11(12-3-5-13(16)6-4-12)19(2)9-15(21)10-20-8-14(17)7-18-20/h3-8,11,15,21H,9-10,17H2,1-2H3. The van der Waals surface area contributed by atoms with Gasteiger partial charge in [-0.2, -0.15) is 5.10 Å². The molecule has 2 atom stereocenters. The van der Waals surface area contributed by atoms with Gasteiger partial charge in [0, 0.05) is 23.8 Å². The number of anilines is 1. The highest BCUT2D eigenvalue weighted by molar-refractivity contribution is 6.30. The fraction of sp³-hybridized carbons (Fsp3) is 0.400. The van der Waals surface area contributed by atoms with E-state index in [-0.39, 0.29) is 6.04 Å². The first-order chi connectivity index (χ1) is 9.95. The number of aromatic nitrogens is 2. The molecule has 0 saturated heterocycles. The van der Waals surface area contributed by atoms with Crippen LogP contribution in [0.4, 0.5) is 5.69 Å². The van der Waals surface area contributed by atoms with Crippen LogP contribution in [0.5, 0.6) is 0 Å². The van der Waals surface area contributed by atoms with E-state index in [2.05, 4.69) is 16.9 Å². The fourth-order valence-electron chi connectivity index (χ4n) is 2.24. The van der Waals surface area contributed by atoms with Gasteiger partial charge in [-0.3, -0.25) is 9.58 Å². The van der Waals surface area contributed by atoms with Crippen molar-refractivity contribution in [3.05, 3.63) is 47.2 Å². The van der Waals surface area contributed by atoms with Gasteiger partial charge in [-0.05, 0) is 31.7 Å². The molecule has 0 aliphatic heterocycles. The molecule has 2 rings (SSSR count). The number of nitrogen functional groups attached to an aromatic ring is 1. The van der Waals surface area contributed by atoms with Crippen molar-refractivity contribution in [3.63, 3.8) is 0 Å². The molecule has 0 aliphatic rings. The van der Waals surface area contributed by atoms with Crippen LogP contribution in [0, 0.1) is 0 Å². The van der Waals surface area contributed by atoms with E-state index in [1.807, 2.05) is 31.3 Å². The molecule has 0 saturated carbocycles. The Hall–Kier alpha value is -1.56. The third-order valence-electron chi connectivity index (χ3n) is 3.56. The van der Waals surface area contributed by atoms with Crippen LogP contribution in [0.1, 0.15) is 18.5 Å². The van der Waals surface area contributed by atoms with Crippen molar-refractivity contribution < 1.29 is 5.11 Å². The number of aliphatic hydroxyl groups excluding tert-OH is 1. The highest BCUT2D eigenvalue weighted by atomic mass is 35.5. The van der Waals surface area contributed by atoms with Crippen molar-refractivity contribution in [1.82, 2.24) is 14.7 Å². The van der Waals surface area contributed by atoms with Crippen LogP contribution >= 0.6 is 11.6 Å². The van der Waals surface area contributed by atoms with Gasteiger partial charge in [-0.1, -0.05) is 23.7 Å². The number of rotatable bonds is 6. The maximum Gasteiger partial charge on any atom is 0.0862 e. The molecule has 1 heterocycles. The monoisotopic (exact) mass is 308 g/mol. The number of nitrogens with two attached hydrogens (primary N) is 1. The van der Waals surface area contributed by atoms with Gasteiger partial charge in [0.1, 0.15) is 0 Å². The largest absolute Gasteiger partial charge is 0.396 e. The zero-order chi connectivity index (χ0) is 15.4. The van der Waals surface area contributed by atoms with E-state index in [9.17, 15) is 5.11 Å². The summed E-state index contributed by atoms with van der Waals surface area (Å²) in [6, 6.07) is 7.96. The van der Waals surface area contributed by atoms with Crippen LogP contribution in [0.2, 0.25) is 5.02 Å². The maximum absolute atomic E-state index is 10.2. The molecule has 0 fully saturated rings. The number of hydrogen-bond acceptors (Lipinski definition) is 4. The Morgan fingerprint density at radius 2 is 2.05 bits per heavy atom. The molecular weight excluding hydrogens is 288 g/mol. The minimum Gasteiger partial charge on any atom is -0.396 e. The van der Waals surface area contributed by atoms with E-state index >= 15 is 0 Å². The van der Waals surface area contributed by atoms with Crippen molar-refractivity contribution in [2.45, 2.75) is 25.6 Å². The molecule has 5 nitrogen and oxygen atoms in total. The second kappa shape index (κ2) is 6.93. The van der Waals surface area contributed by atoms with Crippen molar-refractivity contribution >= 4 is 17.3 Å². The van der Waals surface area contributed by atoms with Crippen molar-refractivity contribution in [3.8, 4) is 0 Å². The second-order valence-corrected chi connectivity index (χ2v) is 5.75. The van der Waals surface area contributed by atoms with Crippen LogP contribution in [0.25, 0.3) is 0 Å². The van der Waals surface area contributed by atoms with Gasteiger partial charge in [0.15, 0.2) is 0 Å². The molecule has 0 aliphatic carbocycles. The summed E-state index contributed by atoms with van der Waals surface area (Å²) in [6.07, 6.45) is 2.78. The number of aliphatic hydroxyl groups is 1. The maximum atomic E-state index is 10.2. The smallest absolute Gasteiger partial charge is 0.0862 e. The summed E-state index contributed by atoms with van der Waals surface area (Å²) in [5.74, 6) is 0. The molecule has 21 heavy (non-hydrogen) atoms. The van der Waals surface area contributed by atoms with Gasteiger partial charge < -0.3 is 10.8 Å². The Balaban J connectivity index is 1.90. The van der Waals surface area contributed by atoms with Crippen molar-refractivity contribution in [2.24, 2.45) is 0 Å². The van der Waals surface area contributed by atoms with Gasteiger partial charge in [-0.25, -0.2) is 0 Å². The van der Waals surface area contributed by atoms with Gasteiger partial charge in [0.25, 0.3) is 0 Å². The molecule has 0 radical (unpaired) electrons. The second-order valence-electron chi connectivity index (χ2n) is 5.32. The molecule has 2 unspecified atom stereocenters. The van der Waals surface area contributed by atoms with E-state index in [1.54, 1.807) is 17.1 Å². The van der Waals surface area contributed by atoms with E-state index in [4.69, 9.17) is 17.3 Å². The summed E-state index contributed by atoms with van der Waals surface area (Å²) in [4.78, 5) is 2.10. The van der Waals surface area contributed by atoms with Crippen LogP contribution < -0.4 is 5.73 Å². The van der Waals surface area contributed by atoms with Crippen LogP contribution in [-0.2, 0) is 6.54 Å². The molecule has 0 amide bonds. The molecular formula is C15H21ClN4O. The van der Waals surface area contributed by atoms with E-state index in [0.29, 0.717) is 18.8 Å². The third-order valence-corrected chi connectivity index (χ3v) is 3.82. The summed E-state index contributed by atoms with van der Waals surface area (Å²) < 4.78 is 1.65. The van der Waals surface area contributed by atoms with Gasteiger partial charge in [0.2, 0.25) is 0 Å². The summed E-state index contributed by atoms with van der Waals surface area (Å²) in [6.45, 7) is 3.07. The number of hydrogen-bond donors (Lipinski definition) is 2. The summed E-state index contributed by atoms with van der Waals surface area (Å²) in [5.41, 5.74) is 7.37. The summed E-state index contributed by atoms with van der Waals surface area (Å²) in [7, 11) is 1.99. The Kier molecular flexibility index (Phi) is 5.22. The number of nitrogens with zero attached hydrogens (tertiary/aromatic N) is 3. The lowest BCUT2D eigenvalue weighted by Crippen LogP contribution is -2.33. The highest BCUT2D eigenvalue weighted by Crippen LogP contribution is 2.21. The fourth-order valence-corrected chi connectivity index (χ4v) is 2.37. The van der Waals surface area contributed by atoms with Crippen molar-refractivity contribution in [1.29, 1.82) is 0 Å². The molecule has 114 valence electrons. The minimum atomic E-state index is -0.510. The molecule has 6 heteroatoms. The van der Waals surface area contributed by atoms with Gasteiger partial charge in [-0.15, -0.1) is 0 Å². The lowest BCUT2D eigenvalue weighted by atomic mass is 10.1. The number of benzene rings is 1. The zero-order valence-corrected chi connectivity index (χ0v) is 13.0. The Bertz CT molecular complexity index is 569. The summed E-state index contributed by atoms with van der Waals surface area (Å²) >= 11 is 5.90. The van der Waals surface area contributed by atoms with Crippen LogP contribution in [0.15, 0.2) is 36.7 Å². The Morgan fingerprint density at radius 3 is 2.62 bits per heavy atom. The van der Waals surface area contributed by atoms with E-state index in [1.165, 1.54) is 0 Å². The average molecular weight is 309 g/mol. The summed E-state index contributed by atoms with van der Waals surface area (Å²) in [5, 5.41) is 15.0. The first-order valence-electron chi connectivity index (χ1n) is 6.87. The molecule has 0 spiro atoms. The third kappa shape index (κ3) is 4.46. The molecule has 1 aromatic carbocycles. The van der Waals surface area contributed by atoms with Crippen molar-refractivity contribution in [2.75, 3.05) is 19.3 Å².